The molecule has 0 unspecified atom stereocenters. The van der Waals surface area contributed by atoms with Crippen molar-refractivity contribution in [1.29, 1.82) is 0 Å². The van der Waals surface area contributed by atoms with Gasteiger partial charge in [0.25, 0.3) is 0 Å². The molecule has 0 saturated heterocycles. The van der Waals surface area contributed by atoms with E-state index in [1.54, 1.807) is 32.0 Å². The zero-order valence-electron chi connectivity index (χ0n) is 8.43. The van der Waals surface area contributed by atoms with Crippen LogP contribution in [0.2, 0.25) is 0 Å². The van der Waals surface area contributed by atoms with Crippen LogP contribution in [-0.2, 0) is 0 Å². The number of hydrogen-bond donors (Lipinski definition) is 0. The topological polar surface area (TPSA) is 9.23 Å². The van der Waals surface area contributed by atoms with Gasteiger partial charge in [0.05, 0.1) is 6.61 Å². The van der Waals surface area contributed by atoms with Crippen LogP contribution in [0.3, 0.4) is 0 Å². The molecule has 0 aromatic heterocycles. The number of halogens is 1. The first-order valence-electron chi connectivity index (χ1n) is 4.53. The smallest absolute Gasteiger partial charge is 0.167 e. The summed E-state index contributed by atoms with van der Waals surface area (Å²) < 4.78 is 18.6. The summed E-state index contributed by atoms with van der Waals surface area (Å²) in [6.07, 6.45) is 0.629. The fourth-order valence-corrected chi connectivity index (χ4v) is 1.07. The van der Waals surface area contributed by atoms with E-state index in [1.165, 1.54) is 0 Å². The lowest BCUT2D eigenvalue weighted by Crippen LogP contribution is -1.98. The number of ether oxygens (including phenoxy) is 1. The minimum atomic E-state index is -0.281. The predicted octanol–water partition coefficient (Wildman–Crippen LogP) is 2.93. The fourth-order valence-electron chi connectivity index (χ4n) is 1.07. The number of benzene rings is 1. The van der Waals surface area contributed by atoms with Gasteiger partial charge < -0.3 is 4.74 Å². The molecular formula is C12H13FO. The quantitative estimate of drug-likeness (QED) is 0.528. The summed E-state index contributed by atoms with van der Waals surface area (Å²) in [5, 5.41) is 0. The molecule has 0 N–H and O–H groups in total. The molecule has 0 radical (unpaired) electrons. The summed E-state index contributed by atoms with van der Waals surface area (Å²) in [6, 6.07) is 5.12. The predicted molar refractivity (Wildman–Crippen MR) is 54.7 cm³/mol. The highest BCUT2D eigenvalue weighted by Gasteiger charge is 2.04. The number of aryl methyl sites for hydroxylation is 1. The second-order valence-corrected chi connectivity index (χ2v) is 2.91. The third-order valence-electron chi connectivity index (χ3n) is 1.82. The minimum Gasteiger partial charge on any atom is -0.490 e. The summed E-state index contributed by atoms with van der Waals surface area (Å²) in [4.78, 5) is 0. The van der Waals surface area contributed by atoms with Crippen molar-refractivity contribution in [1.82, 2.24) is 0 Å². The van der Waals surface area contributed by atoms with Crippen molar-refractivity contribution < 1.29 is 9.13 Å². The van der Waals surface area contributed by atoms with Crippen LogP contribution in [0.25, 0.3) is 0 Å². The zero-order valence-corrected chi connectivity index (χ0v) is 8.43. The molecule has 1 nitrogen and oxygen atoms in total. The molecule has 1 aromatic carbocycles. The summed E-state index contributed by atoms with van der Waals surface area (Å²) in [5.74, 6) is 5.64. The molecule has 0 spiro atoms. The fraction of sp³-hybridized carbons (Fsp3) is 0.333. The van der Waals surface area contributed by atoms with Gasteiger partial charge in [0, 0.05) is 6.42 Å². The molecule has 14 heavy (non-hydrogen) atoms. The molecule has 0 heterocycles. The lowest BCUT2D eigenvalue weighted by molar-refractivity contribution is 0.309. The van der Waals surface area contributed by atoms with E-state index in [2.05, 4.69) is 11.8 Å². The summed E-state index contributed by atoms with van der Waals surface area (Å²) in [5.41, 5.74) is 0.601. The second kappa shape index (κ2) is 5.29. The van der Waals surface area contributed by atoms with Crippen LogP contribution < -0.4 is 4.74 Å². The maximum Gasteiger partial charge on any atom is 0.167 e. The van der Waals surface area contributed by atoms with Crippen molar-refractivity contribution in [3.05, 3.63) is 29.6 Å². The molecule has 2 heteroatoms. The van der Waals surface area contributed by atoms with Crippen LogP contribution in [0, 0.1) is 24.6 Å². The third kappa shape index (κ3) is 2.77. The van der Waals surface area contributed by atoms with Gasteiger partial charge in [0.15, 0.2) is 11.6 Å². The highest BCUT2D eigenvalue weighted by atomic mass is 19.1. The first-order valence-corrected chi connectivity index (χ1v) is 4.53. The van der Waals surface area contributed by atoms with Gasteiger partial charge in [0.1, 0.15) is 0 Å². The van der Waals surface area contributed by atoms with Crippen molar-refractivity contribution in [3.63, 3.8) is 0 Å². The van der Waals surface area contributed by atoms with Gasteiger partial charge >= 0.3 is 0 Å². The van der Waals surface area contributed by atoms with E-state index in [1.807, 2.05) is 0 Å². The number of rotatable bonds is 3. The Hall–Kier alpha value is -1.49. The van der Waals surface area contributed by atoms with Gasteiger partial charge in [-0.25, -0.2) is 4.39 Å². The molecule has 0 amide bonds. The van der Waals surface area contributed by atoms with Crippen LogP contribution in [0.1, 0.15) is 18.9 Å². The highest BCUT2D eigenvalue weighted by molar-refractivity contribution is 5.30. The molecule has 0 aliphatic carbocycles. The van der Waals surface area contributed by atoms with Crippen LogP contribution in [0.5, 0.6) is 5.75 Å². The van der Waals surface area contributed by atoms with Gasteiger partial charge in [-0.1, -0.05) is 12.1 Å². The molecule has 74 valence electrons. The summed E-state index contributed by atoms with van der Waals surface area (Å²) >= 11 is 0. The van der Waals surface area contributed by atoms with Gasteiger partial charge in [-0.2, -0.15) is 0 Å². The van der Waals surface area contributed by atoms with E-state index >= 15 is 0 Å². The molecule has 0 bridgehead atoms. The van der Waals surface area contributed by atoms with Crippen LogP contribution in [0.4, 0.5) is 4.39 Å². The molecule has 0 saturated carbocycles. The Morgan fingerprint density at radius 3 is 2.93 bits per heavy atom. The van der Waals surface area contributed by atoms with Crippen LogP contribution in [0.15, 0.2) is 18.2 Å². The second-order valence-electron chi connectivity index (χ2n) is 2.91. The average Bonchev–Trinajstić information content (AvgIpc) is 2.19. The molecular weight excluding hydrogens is 179 g/mol. The molecule has 0 fully saturated rings. The normalized spacial score (nSPS) is 9.07. The average molecular weight is 192 g/mol. The van der Waals surface area contributed by atoms with Gasteiger partial charge in [0.2, 0.25) is 0 Å². The van der Waals surface area contributed by atoms with Gasteiger partial charge in [-0.05, 0) is 25.5 Å². The Morgan fingerprint density at radius 1 is 1.43 bits per heavy atom. The molecule has 0 aliphatic rings. The third-order valence-corrected chi connectivity index (χ3v) is 1.82. The van der Waals surface area contributed by atoms with Crippen molar-refractivity contribution >= 4 is 0 Å². The summed E-state index contributed by atoms with van der Waals surface area (Å²) in [7, 11) is 0. The SMILES string of the molecule is CC#CCCOc1cccc(C)c1F. The maximum atomic E-state index is 13.3. The minimum absolute atomic E-state index is 0.281. The van der Waals surface area contributed by atoms with E-state index in [0.717, 1.165) is 0 Å². The lowest BCUT2D eigenvalue weighted by Gasteiger charge is -2.06. The monoisotopic (exact) mass is 192 g/mol. The highest BCUT2D eigenvalue weighted by Crippen LogP contribution is 2.19. The largest absolute Gasteiger partial charge is 0.490 e. The maximum absolute atomic E-state index is 13.3. The first kappa shape index (κ1) is 10.6. The lowest BCUT2D eigenvalue weighted by atomic mass is 10.2. The Kier molecular flexibility index (Phi) is 4.00. The van der Waals surface area contributed by atoms with Crippen molar-refractivity contribution in [2.45, 2.75) is 20.3 Å². The van der Waals surface area contributed by atoms with E-state index in [4.69, 9.17) is 4.74 Å². The van der Waals surface area contributed by atoms with Crippen LogP contribution in [-0.4, -0.2) is 6.61 Å². The molecule has 1 rings (SSSR count). The Morgan fingerprint density at radius 2 is 2.21 bits per heavy atom. The number of hydrogen-bond acceptors (Lipinski definition) is 1. The van der Waals surface area contributed by atoms with Crippen molar-refractivity contribution in [2.24, 2.45) is 0 Å². The van der Waals surface area contributed by atoms with E-state index in [0.29, 0.717) is 24.3 Å². The first-order chi connectivity index (χ1) is 6.75. The van der Waals surface area contributed by atoms with E-state index in [9.17, 15) is 4.39 Å². The Bertz CT molecular complexity index is 360. The molecule has 0 aliphatic heterocycles. The van der Waals surface area contributed by atoms with Gasteiger partial charge in [-0.3, -0.25) is 0 Å². The molecule has 0 atom stereocenters. The standard InChI is InChI=1S/C12H13FO/c1-3-4-5-9-14-11-8-6-7-10(2)12(11)13/h6-8H,5,9H2,1-2H3. The van der Waals surface area contributed by atoms with Crippen molar-refractivity contribution in [3.8, 4) is 17.6 Å². The summed E-state index contributed by atoms with van der Waals surface area (Å²) in [6.45, 7) is 3.92. The zero-order chi connectivity index (χ0) is 10.4. The van der Waals surface area contributed by atoms with E-state index < -0.39 is 0 Å². The van der Waals surface area contributed by atoms with Crippen LogP contribution >= 0.6 is 0 Å². The Labute approximate surface area is 83.9 Å². The van der Waals surface area contributed by atoms with Gasteiger partial charge in [-0.15, -0.1) is 11.8 Å². The molecule has 1 aromatic rings. The van der Waals surface area contributed by atoms with Crippen molar-refractivity contribution in [2.75, 3.05) is 6.61 Å². The van der Waals surface area contributed by atoms with E-state index in [-0.39, 0.29) is 5.82 Å². The Balaban J connectivity index is 2.57.